The fourth-order valence-corrected chi connectivity index (χ4v) is 1.93. The van der Waals surface area contributed by atoms with Crippen molar-refractivity contribution in [2.75, 3.05) is 0 Å². The molecule has 0 saturated carbocycles. The molecule has 0 unspecified atom stereocenters. The molecule has 0 aliphatic carbocycles. The Labute approximate surface area is 121 Å². The molecule has 21 heavy (non-hydrogen) atoms. The minimum Gasteiger partial charge on any atom is -0.508 e. The van der Waals surface area contributed by atoms with E-state index in [9.17, 15) is 9.90 Å². The molecule has 2 heterocycles. The van der Waals surface area contributed by atoms with E-state index < -0.39 is 0 Å². The maximum Gasteiger partial charge on any atom is 0.278 e. The zero-order valence-electron chi connectivity index (χ0n) is 11.1. The molecule has 2 aromatic heterocycles. The molecule has 104 valence electrons. The molecule has 0 aliphatic heterocycles. The number of phenolic OH excluding ortho intramolecular Hbond substituents is 1. The second-order valence-electron chi connectivity index (χ2n) is 4.50. The molecule has 0 atom stereocenters. The molecule has 5 nitrogen and oxygen atoms in total. The summed E-state index contributed by atoms with van der Waals surface area (Å²) in [7, 11) is 0. The summed E-state index contributed by atoms with van der Waals surface area (Å²) in [6.07, 6.45) is 7.13. The van der Waals surface area contributed by atoms with Gasteiger partial charge in [-0.3, -0.25) is 4.79 Å². The normalized spacial score (nSPS) is 11.0. The number of aromatic nitrogens is 3. The van der Waals surface area contributed by atoms with Crippen LogP contribution in [0.15, 0.2) is 54.9 Å². The van der Waals surface area contributed by atoms with Crippen LogP contribution < -0.4 is 0 Å². The molecule has 0 bridgehead atoms. The Bertz CT molecular complexity index is 785. The van der Waals surface area contributed by atoms with Gasteiger partial charge < -0.3 is 10.1 Å². The highest BCUT2D eigenvalue weighted by atomic mass is 16.3. The van der Waals surface area contributed by atoms with E-state index in [0.29, 0.717) is 11.3 Å². The van der Waals surface area contributed by atoms with E-state index in [1.807, 2.05) is 30.5 Å². The van der Waals surface area contributed by atoms with Gasteiger partial charge in [0.15, 0.2) is 0 Å². The molecule has 1 aromatic carbocycles. The van der Waals surface area contributed by atoms with Crippen LogP contribution in [0.25, 0.3) is 12.2 Å². The van der Waals surface area contributed by atoms with Crippen LogP contribution in [-0.2, 0) is 0 Å². The molecule has 0 fully saturated rings. The van der Waals surface area contributed by atoms with Crippen molar-refractivity contribution in [3.05, 3.63) is 71.8 Å². The van der Waals surface area contributed by atoms with Crippen molar-refractivity contribution < 1.29 is 9.90 Å². The monoisotopic (exact) mass is 279 g/mol. The van der Waals surface area contributed by atoms with Crippen LogP contribution >= 0.6 is 0 Å². The van der Waals surface area contributed by atoms with Crippen LogP contribution in [0.1, 0.15) is 21.7 Å². The molecular weight excluding hydrogens is 266 g/mol. The number of rotatable bonds is 3. The van der Waals surface area contributed by atoms with E-state index >= 15 is 0 Å². The van der Waals surface area contributed by atoms with Gasteiger partial charge >= 0.3 is 0 Å². The number of nitrogens with one attached hydrogen (secondary N) is 1. The van der Waals surface area contributed by atoms with Crippen LogP contribution in [0.2, 0.25) is 0 Å². The van der Waals surface area contributed by atoms with E-state index in [4.69, 9.17) is 0 Å². The van der Waals surface area contributed by atoms with Crippen molar-refractivity contribution in [1.29, 1.82) is 0 Å². The highest BCUT2D eigenvalue weighted by Gasteiger charge is 2.09. The number of phenols is 1. The highest BCUT2D eigenvalue weighted by molar-refractivity contribution is 5.95. The minimum absolute atomic E-state index is 0.0554. The number of H-pyrrole nitrogens is 1. The van der Waals surface area contributed by atoms with Gasteiger partial charge in [0.05, 0.1) is 5.69 Å². The van der Waals surface area contributed by atoms with Gasteiger partial charge in [0.1, 0.15) is 5.75 Å². The van der Waals surface area contributed by atoms with Gasteiger partial charge in [0, 0.05) is 23.7 Å². The van der Waals surface area contributed by atoms with Gasteiger partial charge in [0.25, 0.3) is 5.91 Å². The second kappa shape index (κ2) is 5.50. The van der Waals surface area contributed by atoms with E-state index in [0.717, 1.165) is 5.69 Å². The molecule has 3 aromatic rings. The number of aromatic amines is 1. The lowest BCUT2D eigenvalue weighted by atomic mass is 10.2. The van der Waals surface area contributed by atoms with Gasteiger partial charge in [-0.05, 0) is 48.6 Å². The molecule has 0 amide bonds. The van der Waals surface area contributed by atoms with E-state index in [-0.39, 0.29) is 11.7 Å². The molecule has 0 spiro atoms. The summed E-state index contributed by atoms with van der Waals surface area (Å²) in [5.41, 5.74) is 2.03. The predicted octanol–water partition coefficient (Wildman–Crippen LogP) is 2.78. The zero-order chi connectivity index (χ0) is 14.7. The van der Waals surface area contributed by atoms with Crippen molar-refractivity contribution in [3.8, 4) is 5.75 Å². The Balaban J connectivity index is 1.80. The summed E-state index contributed by atoms with van der Waals surface area (Å²) in [6, 6.07) is 11.8. The summed E-state index contributed by atoms with van der Waals surface area (Å²) in [4.78, 5) is 15.3. The molecule has 5 heteroatoms. The maximum absolute atomic E-state index is 12.2. The summed E-state index contributed by atoms with van der Waals surface area (Å²) >= 11 is 0. The first-order valence-electron chi connectivity index (χ1n) is 6.43. The third-order valence-corrected chi connectivity index (χ3v) is 2.97. The topological polar surface area (TPSA) is 70.9 Å². The first-order valence-corrected chi connectivity index (χ1v) is 6.43. The third kappa shape index (κ3) is 2.92. The second-order valence-corrected chi connectivity index (χ2v) is 4.50. The van der Waals surface area contributed by atoms with Crippen LogP contribution in [0.3, 0.4) is 0 Å². The largest absolute Gasteiger partial charge is 0.508 e. The Morgan fingerprint density at radius 3 is 2.86 bits per heavy atom. The maximum atomic E-state index is 12.2. The standard InChI is InChI=1S/C16H13N3O2/c20-15-5-1-3-12(11-15)16(21)19-10-8-14(18-19)7-6-13-4-2-9-17-13/h1-11,17,20H/b7-6+. The average Bonchev–Trinajstić information content (AvgIpc) is 3.16. The van der Waals surface area contributed by atoms with E-state index in [1.165, 1.54) is 16.8 Å². The summed E-state index contributed by atoms with van der Waals surface area (Å²) in [5.74, 6) is -0.231. The predicted molar refractivity (Wildman–Crippen MR) is 79.8 cm³/mol. The Morgan fingerprint density at radius 2 is 2.10 bits per heavy atom. The Hall–Kier alpha value is -3.08. The first-order chi connectivity index (χ1) is 10.2. The molecule has 0 saturated heterocycles. The van der Waals surface area contributed by atoms with Crippen LogP contribution in [0.5, 0.6) is 5.75 Å². The van der Waals surface area contributed by atoms with Crippen molar-refractivity contribution >= 4 is 18.1 Å². The summed E-state index contributed by atoms with van der Waals surface area (Å²) < 4.78 is 1.25. The first kappa shape index (κ1) is 12.9. The summed E-state index contributed by atoms with van der Waals surface area (Å²) in [5, 5.41) is 13.6. The van der Waals surface area contributed by atoms with E-state index in [2.05, 4.69) is 10.1 Å². The quantitative estimate of drug-likeness (QED) is 0.774. The fraction of sp³-hybridized carbons (Fsp3) is 0. The lowest BCUT2D eigenvalue weighted by Gasteiger charge is -2.00. The lowest BCUT2D eigenvalue weighted by Crippen LogP contribution is -2.12. The van der Waals surface area contributed by atoms with Crippen molar-refractivity contribution in [2.45, 2.75) is 0 Å². The number of hydrogen-bond donors (Lipinski definition) is 2. The zero-order valence-corrected chi connectivity index (χ0v) is 11.1. The van der Waals surface area contributed by atoms with Crippen LogP contribution in [-0.4, -0.2) is 25.8 Å². The number of benzene rings is 1. The molecule has 0 radical (unpaired) electrons. The van der Waals surface area contributed by atoms with Crippen molar-refractivity contribution in [3.63, 3.8) is 0 Å². The van der Waals surface area contributed by atoms with Gasteiger partial charge in [-0.1, -0.05) is 6.07 Å². The fourth-order valence-electron chi connectivity index (χ4n) is 1.93. The number of hydrogen-bond acceptors (Lipinski definition) is 3. The minimum atomic E-state index is -0.287. The Kier molecular flexibility index (Phi) is 3.39. The van der Waals surface area contributed by atoms with Crippen LogP contribution in [0.4, 0.5) is 0 Å². The third-order valence-electron chi connectivity index (χ3n) is 2.97. The average molecular weight is 279 g/mol. The highest BCUT2D eigenvalue weighted by Crippen LogP contribution is 2.12. The van der Waals surface area contributed by atoms with Gasteiger partial charge in [-0.2, -0.15) is 5.10 Å². The van der Waals surface area contributed by atoms with Crippen molar-refractivity contribution in [1.82, 2.24) is 14.8 Å². The number of nitrogens with zero attached hydrogens (tertiary/aromatic N) is 2. The Morgan fingerprint density at radius 1 is 1.19 bits per heavy atom. The van der Waals surface area contributed by atoms with Gasteiger partial charge in [-0.25, -0.2) is 4.68 Å². The smallest absolute Gasteiger partial charge is 0.278 e. The van der Waals surface area contributed by atoms with Gasteiger partial charge in [0.2, 0.25) is 0 Å². The summed E-state index contributed by atoms with van der Waals surface area (Å²) in [6.45, 7) is 0. The SMILES string of the molecule is O=C(c1cccc(O)c1)n1ccc(/C=C/c2ccc[nH]2)n1. The number of aromatic hydroxyl groups is 1. The number of carbonyl (C=O) groups excluding carboxylic acids is 1. The molecule has 0 aliphatic rings. The van der Waals surface area contributed by atoms with E-state index in [1.54, 1.807) is 24.4 Å². The molecule has 3 rings (SSSR count). The van der Waals surface area contributed by atoms with Crippen molar-refractivity contribution in [2.24, 2.45) is 0 Å². The molecule has 2 N–H and O–H groups in total. The lowest BCUT2D eigenvalue weighted by molar-refractivity contribution is 0.0944. The number of carbonyl (C=O) groups is 1. The van der Waals surface area contributed by atoms with Gasteiger partial charge in [-0.15, -0.1) is 0 Å². The van der Waals surface area contributed by atoms with Crippen LogP contribution in [0, 0.1) is 0 Å². The molecular formula is C16H13N3O2.